The summed E-state index contributed by atoms with van der Waals surface area (Å²) in [5, 5.41) is 4.34. The van der Waals surface area contributed by atoms with E-state index in [9.17, 15) is 0 Å². The Morgan fingerprint density at radius 3 is 1.57 bits per heavy atom. The van der Waals surface area contributed by atoms with Crippen LogP contribution >= 0.6 is 16.3 Å². The Hall–Kier alpha value is -3.48. The topological polar surface area (TPSA) is 58.6 Å². The summed E-state index contributed by atoms with van der Waals surface area (Å²) >= 11 is 0. The number of fused-ring (bicyclic) bond motifs is 1. The van der Waals surface area contributed by atoms with Crippen LogP contribution in [0, 0.1) is 0 Å². The second-order valence-corrected chi connectivity index (χ2v) is 17.0. The second-order valence-electron chi connectivity index (χ2n) is 13.4. The summed E-state index contributed by atoms with van der Waals surface area (Å²) in [5.41, 5.74) is 1.05. The lowest BCUT2D eigenvalue weighted by Crippen LogP contribution is -2.66. The van der Waals surface area contributed by atoms with Gasteiger partial charge in [0.25, 0.3) is 0 Å². The average molecular weight is 722 g/mol. The molecule has 0 unspecified atom stereocenters. The van der Waals surface area contributed by atoms with Crippen molar-refractivity contribution in [3.63, 3.8) is 0 Å². The lowest BCUT2D eigenvalue weighted by Gasteiger charge is -2.51. The first kappa shape index (κ1) is 35.9. The smallest absolute Gasteiger partial charge is 0.229 e. The van der Waals surface area contributed by atoms with Gasteiger partial charge in [0.05, 0.1) is 22.9 Å². The van der Waals surface area contributed by atoms with Crippen LogP contribution in [0.5, 0.6) is 5.75 Å². The van der Waals surface area contributed by atoms with Gasteiger partial charge in [-0.15, -0.1) is 0 Å². The molecular formula is C42H45NO6P2. The van der Waals surface area contributed by atoms with Crippen LogP contribution in [0.3, 0.4) is 0 Å². The number of para-hydroxylation sites is 1. The SMILES string of the molecule is CN(C)Cc1ccccc1O[C@@H]1O[C@@H]2COC(C)(C)O[C@H]2[C@H](OP(c2ccccc2)c2ccccc2)[C@H]1OP(c1ccccc1)c1ccccc1. The molecular weight excluding hydrogens is 676 g/mol. The molecule has 5 atom stereocenters. The highest BCUT2D eigenvalue weighted by atomic mass is 31.1. The third-order valence-electron chi connectivity index (χ3n) is 8.73. The maximum atomic E-state index is 7.48. The van der Waals surface area contributed by atoms with Crippen molar-refractivity contribution in [1.82, 2.24) is 4.90 Å². The van der Waals surface area contributed by atoms with Crippen molar-refractivity contribution in [2.45, 2.75) is 56.9 Å². The van der Waals surface area contributed by atoms with Crippen molar-refractivity contribution in [2.24, 2.45) is 0 Å². The number of hydrogen-bond acceptors (Lipinski definition) is 7. The Morgan fingerprint density at radius 1 is 0.627 bits per heavy atom. The quantitative estimate of drug-likeness (QED) is 0.131. The first-order valence-corrected chi connectivity index (χ1v) is 19.9. The van der Waals surface area contributed by atoms with E-state index in [0.717, 1.165) is 32.5 Å². The summed E-state index contributed by atoms with van der Waals surface area (Å²) in [6.07, 6.45) is -3.10. The Labute approximate surface area is 304 Å². The number of benzene rings is 5. The maximum Gasteiger partial charge on any atom is 0.229 e. The summed E-state index contributed by atoms with van der Waals surface area (Å²) in [6.45, 7) is 4.90. The number of ether oxygens (including phenoxy) is 4. The first-order chi connectivity index (χ1) is 24.8. The average Bonchev–Trinajstić information content (AvgIpc) is 3.15. The van der Waals surface area contributed by atoms with Crippen LogP contribution in [-0.4, -0.2) is 62.1 Å². The summed E-state index contributed by atoms with van der Waals surface area (Å²) in [6, 6.07) is 49.7. The molecule has 51 heavy (non-hydrogen) atoms. The molecule has 2 aliphatic heterocycles. The molecule has 2 aliphatic rings. The number of nitrogens with zero attached hydrogens (tertiary/aromatic N) is 1. The van der Waals surface area contributed by atoms with E-state index in [1.165, 1.54) is 0 Å². The second kappa shape index (κ2) is 16.5. The predicted molar refractivity (Wildman–Crippen MR) is 206 cm³/mol. The van der Waals surface area contributed by atoms with E-state index in [4.69, 9.17) is 28.0 Å². The van der Waals surface area contributed by atoms with Gasteiger partial charge in [0.15, 0.2) is 11.9 Å². The van der Waals surface area contributed by atoms with Gasteiger partial charge in [0.1, 0.15) is 24.1 Å². The van der Waals surface area contributed by atoms with Gasteiger partial charge >= 0.3 is 0 Å². The van der Waals surface area contributed by atoms with E-state index in [0.29, 0.717) is 13.2 Å². The molecule has 0 aromatic heterocycles. The fourth-order valence-electron chi connectivity index (χ4n) is 6.38. The predicted octanol–water partition coefficient (Wildman–Crippen LogP) is 6.87. The minimum atomic E-state index is -1.33. The van der Waals surface area contributed by atoms with Crippen LogP contribution in [0.2, 0.25) is 0 Å². The highest BCUT2D eigenvalue weighted by molar-refractivity contribution is 7.69. The van der Waals surface area contributed by atoms with Crippen molar-refractivity contribution in [2.75, 3.05) is 20.7 Å². The molecule has 2 heterocycles. The van der Waals surface area contributed by atoms with E-state index in [2.05, 4.69) is 122 Å². The van der Waals surface area contributed by atoms with E-state index in [-0.39, 0.29) is 0 Å². The van der Waals surface area contributed by atoms with E-state index in [1.807, 2.05) is 56.3 Å². The lowest BCUT2D eigenvalue weighted by molar-refractivity contribution is -0.367. The summed E-state index contributed by atoms with van der Waals surface area (Å²) in [4.78, 5) is 2.13. The van der Waals surface area contributed by atoms with Crippen LogP contribution < -0.4 is 26.0 Å². The largest absolute Gasteiger partial charge is 0.462 e. The van der Waals surface area contributed by atoms with Crippen molar-refractivity contribution in [1.29, 1.82) is 0 Å². The van der Waals surface area contributed by atoms with Gasteiger partial charge in [-0.2, -0.15) is 0 Å². The Balaban J connectivity index is 1.36. The fourth-order valence-corrected chi connectivity index (χ4v) is 10.2. The van der Waals surface area contributed by atoms with Crippen LogP contribution in [0.4, 0.5) is 0 Å². The Kier molecular flexibility index (Phi) is 11.6. The van der Waals surface area contributed by atoms with Gasteiger partial charge in [0, 0.05) is 33.3 Å². The fraction of sp³-hybridized carbons (Fsp3) is 0.286. The third-order valence-corrected chi connectivity index (χ3v) is 12.7. The highest BCUT2D eigenvalue weighted by Gasteiger charge is 2.55. The monoisotopic (exact) mass is 721 g/mol. The van der Waals surface area contributed by atoms with Crippen LogP contribution in [0.15, 0.2) is 146 Å². The molecule has 0 N–H and O–H groups in total. The summed E-state index contributed by atoms with van der Waals surface area (Å²) in [5.74, 6) is -0.119. The molecule has 0 spiro atoms. The molecule has 264 valence electrons. The molecule has 0 bridgehead atoms. The van der Waals surface area contributed by atoms with Gasteiger partial charge in [-0.25, -0.2) is 0 Å². The van der Waals surface area contributed by atoms with Gasteiger partial charge in [-0.1, -0.05) is 140 Å². The van der Waals surface area contributed by atoms with E-state index in [1.54, 1.807) is 0 Å². The zero-order chi connectivity index (χ0) is 35.2. The minimum Gasteiger partial charge on any atom is -0.462 e. The van der Waals surface area contributed by atoms with Gasteiger partial charge in [-0.05, 0) is 34.0 Å². The molecule has 7 rings (SSSR count). The number of rotatable bonds is 12. The minimum absolute atomic E-state index is 0.324. The van der Waals surface area contributed by atoms with Gasteiger partial charge in [0.2, 0.25) is 6.29 Å². The lowest BCUT2D eigenvalue weighted by atomic mass is 9.97. The highest BCUT2D eigenvalue weighted by Crippen LogP contribution is 2.48. The van der Waals surface area contributed by atoms with Crippen LogP contribution in [0.1, 0.15) is 19.4 Å². The molecule has 9 heteroatoms. The van der Waals surface area contributed by atoms with Crippen molar-refractivity contribution < 1.29 is 28.0 Å². The van der Waals surface area contributed by atoms with Crippen molar-refractivity contribution in [3.8, 4) is 5.75 Å². The van der Waals surface area contributed by atoms with Crippen LogP contribution in [0.25, 0.3) is 0 Å². The van der Waals surface area contributed by atoms with Crippen LogP contribution in [-0.2, 0) is 29.8 Å². The Morgan fingerprint density at radius 2 is 1.08 bits per heavy atom. The molecule has 0 amide bonds. The molecule has 0 saturated carbocycles. The van der Waals surface area contributed by atoms with E-state index >= 15 is 0 Å². The zero-order valence-electron chi connectivity index (χ0n) is 29.4. The van der Waals surface area contributed by atoms with Crippen molar-refractivity contribution >= 4 is 37.5 Å². The normalized spacial score (nSPS) is 22.9. The molecule has 0 radical (unpaired) electrons. The first-order valence-electron chi connectivity index (χ1n) is 17.4. The molecule has 2 saturated heterocycles. The molecule has 7 nitrogen and oxygen atoms in total. The Bertz CT molecular complexity index is 1740. The summed E-state index contributed by atoms with van der Waals surface area (Å²) < 4.78 is 41.7. The van der Waals surface area contributed by atoms with Gasteiger partial charge < -0.3 is 32.9 Å². The van der Waals surface area contributed by atoms with Gasteiger partial charge in [-0.3, -0.25) is 0 Å². The van der Waals surface area contributed by atoms with Crippen molar-refractivity contribution in [3.05, 3.63) is 151 Å². The maximum absolute atomic E-state index is 7.48. The number of hydrogen-bond donors (Lipinski definition) is 0. The third kappa shape index (κ3) is 8.77. The standard InChI is InChI=1S/C42H45NO6P2/c1-42(2)44-30-37-38(47-42)39(48-50(32-20-9-5-10-21-32)33-22-11-6-12-23-33)40(41(46-37)45-36-28-18-17-19-31(36)29-43(3)4)49-51(34-24-13-7-14-25-34)35-26-15-8-16-27-35/h5-28,37-41H,29-30H2,1-4H3/t37-,38-,39+,40-,41-/m1/s1. The van der Waals surface area contributed by atoms with E-state index < -0.39 is 52.8 Å². The molecule has 5 aromatic rings. The summed E-state index contributed by atoms with van der Waals surface area (Å²) in [7, 11) is 1.46. The zero-order valence-corrected chi connectivity index (χ0v) is 31.2. The molecule has 0 aliphatic carbocycles. The molecule has 5 aromatic carbocycles. The molecule has 2 fully saturated rings.